The number of rotatable bonds is 5. The number of nitrogens with one attached hydrogen (secondary N) is 1. The van der Waals surface area contributed by atoms with Gasteiger partial charge in [0, 0.05) is 17.7 Å². The van der Waals surface area contributed by atoms with E-state index in [-0.39, 0.29) is 35.3 Å². The van der Waals surface area contributed by atoms with E-state index in [1.165, 1.54) is 24.6 Å². The summed E-state index contributed by atoms with van der Waals surface area (Å²) in [5, 5.41) is 3.24. The van der Waals surface area contributed by atoms with Gasteiger partial charge in [-0.3, -0.25) is 4.79 Å². The van der Waals surface area contributed by atoms with Crippen LogP contribution in [0.25, 0.3) is 0 Å². The third kappa shape index (κ3) is 5.59. The zero-order valence-electron chi connectivity index (χ0n) is 21.1. The molecule has 0 aromatic heterocycles. The number of hydrogen-bond acceptors (Lipinski definition) is 6. The van der Waals surface area contributed by atoms with Gasteiger partial charge in [-0.05, 0) is 57.4 Å². The van der Waals surface area contributed by atoms with Crippen LogP contribution in [-0.4, -0.2) is 71.0 Å². The molecular formula is C26H35N3O5S2. The van der Waals surface area contributed by atoms with E-state index in [0.29, 0.717) is 17.0 Å². The number of nitrogens with zero attached hydrogens (tertiary/aromatic N) is 2. The van der Waals surface area contributed by atoms with Crippen LogP contribution in [0.4, 0.5) is 4.79 Å². The predicted molar refractivity (Wildman–Crippen MR) is 141 cm³/mol. The summed E-state index contributed by atoms with van der Waals surface area (Å²) in [6, 6.07) is 8.71. The SMILES string of the molecule is CC(C)(C)OC(=O)N[C@H](Cc1ccccc1)C(=O)N=C1S[C@@H]2CS(=O)(=O)C[C@H]2N1[C@H]1C[C@H]2CC[C@H]1C2. The minimum atomic E-state index is -3.10. The van der Waals surface area contributed by atoms with Gasteiger partial charge in [-0.25, -0.2) is 13.2 Å². The summed E-state index contributed by atoms with van der Waals surface area (Å²) < 4.78 is 30.3. The van der Waals surface area contributed by atoms with Gasteiger partial charge in [-0.2, -0.15) is 4.99 Å². The molecule has 1 aromatic carbocycles. The second-order valence-corrected chi connectivity index (χ2v) is 14.9. The van der Waals surface area contributed by atoms with Crippen LogP contribution in [0, 0.1) is 11.8 Å². The van der Waals surface area contributed by atoms with Crippen molar-refractivity contribution >= 4 is 38.8 Å². The number of carbonyl (C=O) groups excluding carboxylic acids is 2. The first-order chi connectivity index (χ1) is 17.0. The number of amidine groups is 1. The maximum Gasteiger partial charge on any atom is 0.408 e. The van der Waals surface area contributed by atoms with Crippen molar-refractivity contribution in [3.05, 3.63) is 35.9 Å². The Hall–Kier alpha value is -2.07. The van der Waals surface area contributed by atoms with Crippen molar-refractivity contribution in [2.45, 2.75) is 81.9 Å². The average molecular weight is 534 g/mol. The van der Waals surface area contributed by atoms with Crippen LogP contribution in [0.15, 0.2) is 35.3 Å². The Morgan fingerprint density at radius 3 is 2.53 bits per heavy atom. The molecule has 4 fully saturated rings. The molecule has 2 amide bonds. The van der Waals surface area contributed by atoms with Crippen LogP contribution in [0.5, 0.6) is 0 Å². The molecule has 2 aliphatic carbocycles. The summed E-state index contributed by atoms with van der Waals surface area (Å²) in [5.74, 6) is 1.01. The number of alkyl carbamates (subject to hydrolysis) is 1. The number of fused-ring (bicyclic) bond motifs is 3. The Morgan fingerprint density at radius 2 is 1.89 bits per heavy atom. The van der Waals surface area contributed by atoms with E-state index in [1.54, 1.807) is 20.8 Å². The fraction of sp³-hybridized carbons (Fsp3) is 0.654. The molecule has 4 aliphatic rings. The van der Waals surface area contributed by atoms with Crippen LogP contribution >= 0.6 is 11.8 Å². The first-order valence-electron chi connectivity index (χ1n) is 12.8. The van der Waals surface area contributed by atoms with Gasteiger partial charge in [0.2, 0.25) is 0 Å². The van der Waals surface area contributed by atoms with Crippen molar-refractivity contribution in [3.8, 4) is 0 Å². The molecule has 8 nitrogen and oxygen atoms in total. The van der Waals surface area contributed by atoms with Gasteiger partial charge in [-0.15, -0.1) is 0 Å². The van der Waals surface area contributed by atoms with Gasteiger partial charge in [-0.1, -0.05) is 48.5 Å². The zero-order valence-corrected chi connectivity index (χ0v) is 22.7. The van der Waals surface area contributed by atoms with E-state index < -0.39 is 33.5 Å². The Morgan fingerprint density at radius 1 is 1.14 bits per heavy atom. The zero-order chi connectivity index (χ0) is 25.7. The summed E-state index contributed by atoms with van der Waals surface area (Å²) in [7, 11) is -3.10. The van der Waals surface area contributed by atoms with Gasteiger partial charge < -0.3 is 15.0 Å². The number of carbonyl (C=O) groups is 2. The fourth-order valence-electron chi connectivity index (χ4n) is 6.20. The molecule has 0 radical (unpaired) electrons. The van der Waals surface area contributed by atoms with E-state index in [2.05, 4.69) is 15.2 Å². The molecule has 196 valence electrons. The molecule has 2 bridgehead atoms. The predicted octanol–water partition coefficient (Wildman–Crippen LogP) is 3.41. The first kappa shape index (κ1) is 25.6. The molecule has 5 rings (SSSR count). The molecule has 6 atom stereocenters. The number of benzene rings is 1. The van der Waals surface area contributed by atoms with Gasteiger partial charge in [0.1, 0.15) is 11.6 Å². The standard InChI is InChI=1S/C26H35N3O5S2/c1-26(2,3)34-25(31)27-19(12-16-7-5-4-6-8-16)23(30)28-24-29(20-13-17-9-10-18(20)11-17)21-14-36(32,33)15-22(21)35-24/h4-8,17-22H,9-15H2,1-3H3,(H,27,31)/t17-,18-,19+,20-,21+,22+/m0/s1. The van der Waals surface area contributed by atoms with E-state index >= 15 is 0 Å². The maximum absolute atomic E-state index is 13.6. The molecule has 10 heteroatoms. The van der Waals surface area contributed by atoms with Crippen molar-refractivity contribution in [1.82, 2.24) is 10.2 Å². The lowest BCUT2D eigenvalue weighted by atomic mass is 9.93. The minimum absolute atomic E-state index is 0.105. The van der Waals surface area contributed by atoms with Gasteiger partial charge >= 0.3 is 6.09 Å². The smallest absolute Gasteiger partial charge is 0.408 e. The molecule has 1 N–H and O–H groups in total. The topological polar surface area (TPSA) is 105 Å². The highest BCUT2D eigenvalue weighted by atomic mass is 32.2. The molecule has 36 heavy (non-hydrogen) atoms. The summed E-state index contributed by atoms with van der Waals surface area (Å²) in [5.41, 5.74) is 0.207. The second kappa shape index (κ2) is 9.67. The van der Waals surface area contributed by atoms with Gasteiger partial charge in [0.25, 0.3) is 5.91 Å². The van der Waals surface area contributed by atoms with Crippen molar-refractivity contribution in [2.75, 3.05) is 11.5 Å². The highest BCUT2D eigenvalue weighted by molar-refractivity contribution is 8.15. The summed E-state index contributed by atoms with van der Waals surface area (Å²) in [6.45, 7) is 5.32. The van der Waals surface area contributed by atoms with Crippen molar-refractivity contribution in [3.63, 3.8) is 0 Å². The van der Waals surface area contributed by atoms with Crippen molar-refractivity contribution in [2.24, 2.45) is 16.8 Å². The van der Waals surface area contributed by atoms with E-state index in [4.69, 9.17) is 4.74 Å². The van der Waals surface area contributed by atoms with Crippen molar-refractivity contribution < 1.29 is 22.7 Å². The number of ether oxygens (including phenoxy) is 1. The molecular weight excluding hydrogens is 498 g/mol. The number of sulfone groups is 1. The Kier molecular flexibility index (Phi) is 6.87. The summed E-state index contributed by atoms with van der Waals surface area (Å²) in [6.07, 6.45) is 4.22. The Bertz CT molecular complexity index is 1150. The molecule has 2 heterocycles. The largest absolute Gasteiger partial charge is 0.444 e. The Labute approximate surface area is 217 Å². The highest BCUT2D eigenvalue weighted by Crippen LogP contribution is 2.51. The van der Waals surface area contributed by atoms with Crippen LogP contribution < -0.4 is 5.32 Å². The lowest BCUT2D eigenvalue weighted by Crippen LogP contribution is -2.48. The fourth-order valence-corrected chi connectivity index (χ4v) is 10.2. The molecule has 2 saturated carbocycles. The van der Waals surface area contributed by atoms with Crippen molar-refractivity contribution in [1.29, 1.82) is 0 Å². The molecule has 2 saturated heterocycles. The van der Waals surface area contributed by atoms with E-state index in [0.717, 1.165) is 18.4 Å². The van der Waals surface area contributed by atoms with Gasteiger partial charge in [0.05, 0.1) is 17.5 Å². The number of hydrogen-bond donors (Lipinski definition) is 1. The number of amides is 2. The van der Waals surface area contributed by atoms with Crippen LogP contribution in [0.3, 0.4) is 0 Å². The first-order valence-corrected chi connectivity index (χ1v) is 15.5. The Balaban J connectivity index is 1.41. The summed E-state index contributed by atoms with van der Waals surface area (Å²) in [4.78, 5) is 32.9. The third-order valence-electron chi connectivity index (χ3n) is 7.64. The highest BCUT2D eigenvalue weighted by Gasteiger charge is 2.54. The molecule has 1 aromatic rings. The minimum Gasteiger partial charge on any atom is -0.444 e. The average Bonchev–Trinajstić information content (AvgIpc) is 3.52. The number of aliphatic imine (C=N–C) groups is 1. The molecule has 2 aliphatic heterocycles. The maximum atomic E-state index is 13.6. The summed E-state index contributed by atoms with van der Waals surface area (Å²) >= 11 is 1.42. The van der Waals surface area contributed by atoms with Crippen LogP contribution in [0.1, 0.15) is 52.0 Å². The third-order valence-corrected chi connectivity index (χ3v) is 10.9. The normalized spacial score (nSPS) is 32.5. The van der Waals surface area contributed by atoms with Gasteiger partial charge in [0.15, 0.2) is 15.0 Å². The monoisotopic (exact) mass is 533 g/mol. The second-order valence-electron chi connectivity index (χ2n) is 11.6. The van der Waals surface area contributed by atoms with E-state index in [1.807, 2.05) is 30.3 Å². The molecule has 0 spiro atoms. The molecule has 0 unspecified atom stereocenters. The lowest BCUT2D eigenvalue weighted by molar-refractivity contribution is -0.119. The number of thioether (sulfide) groups is 1. The lowest BCUT2D eigenvalue weighted by Gasteiger charge is -2.36. The van der Waals surface area contributed by atoms with E-state index in [9.17, 15) is 18.0 Å². The van der Waals surface area contributed by atoms with Crippen LogP contribution in [0.2, 0.25) is 0 Å². The quantitative estimate of drug-likeness (QED) is 0.618. The van der Waals surface area contributed by atoms with Crippen LogP contribution in [-0.2, 0) is 25.8 Å².